The summed E-state index contributed by atoms with van der Waals surface area (Å²) < 4.78 is 99.4. The minimum atomic E-state index is -0.633. The third-order valence-corrected chi connectivity index (χ3v) is 9.55. The number of carbonyl (C=O) groups excluding carboxylic acids is 2. The van der Waals surface area contributed by atoms with E-state index in [-0.39, 0.29) is 50.8 Å². The molecule has 404 valence electrons. The molecule has 0 unspecified atom stereocenters. The number of rotatable bonds is 47. The first-order valence-corrected chi connectivity index (χ1v) is 23.9. The Balaban J connectivity index is 1.60. The molecular weight excluding hydrogens is 945 g/mol. The first-order chi connectivity index (χ1) is 35.4. The number of benzene rings is 3. The zero-order valence-corrected chi connectivity index (χ0v) is 42.5. The molecule has 3 aromatic rings. The van der Waals surface area contributed by atoms with Crippen LogP contribution in [0.1, 0.15) is 37.4 Å². The molecule has 3 aromatic carbocycles. The van der Waals surface area contributed by atoms with Crippen LogP contribution in [-0.4, -0.2) is 199 Å². The molecule has 0 aromatic heterocycles. The van der Waals surface area contributed by atoms with Crippen molar-refractivity contribution in [2.24, 2.45) is 0 Å². The topological polar surface area (TPSA) is 200 Å². The maximum Gasteiger partial charge on any atom is 0.339 e. The van der Waals surface area contributed by atoms with E-state index >= 15 is 0 Å². The van der Waals surface area contributed by atoms with Crippen molar-refractivity contribution in [3.8, 4) is 23.0 Å². The van der Waals surface area contributed by atoms with Crippen LogP contribution < -0.4 is 18.9 Å². The van der Waals surface area contributed by atoms with Crippen LogP contribution in [0.25, 0.3) is 6.08 Å². The lowest BCUT2D eigenvalue weighted by atomic mass is 10.0. The minimum absolute atomic E-state index is 0.104. The predicted octanol–water partition coefficient (Wildman–Crippen LogP) is 5.28. The van der Waals surface area contributed by atoms with Gasteiger partial charge in [-0.15, -0.1) is 0 Å². The Morgan fingerprint density at radius 3 is 0.972 bits per heavy atom. The number of hydrogen-bond acceptors (Lipinski definition) is 20. The van der Waals surface area contributed by atoms with Gasteiger partial charge in [-0.25, -0.2) is 9.59 Å². The van der Waals surface area contributed by atoms with Crippen molar-refractivity contribution in [2.75, 3.05) is 187 Å². The van der Waals surface area contributed by atoms with Gasteiger partial charge in [0.2, 0.25) is 0 Å². The van der Waals surface area contributed by atoms with Crippen molar-refractivity contribution in [1.82, 2.24) is 0 Å². The van der Waals surface area contributed by atoms with Gasteiger partial charge in [0.1, 0.15) is 62.6 Å². The molecule has 0 saturated heterocycles. The lowest BCUT2D eigenvalue weighted by Gasteiger charge is -2.14. The van der Waals surface area contributed by atoms with E-state index < -0.39 is 11.9 Å². The number of esters is 2. The molecule has 0 atom stereocenters. The number of ether oxygens (including phenoxy) is 18. The predicted molar refractivity (Wildman–Crippen MR) is 264 cm³/mol. The Kier molecular flexibility index (Phi) is 35.4. The second kappa shape index (κ2) is 41.5. The van der Waals surface area contributed by atoms with Crippen LogP contribution in [0.4, 0.5) is 0 Å². The first kappa shape index (κ1) is 61.4. The van der Waals surface area contributed by atoms with E-state index in [1.54, 1.807) is 64.8 Å². The van der Waals surface area contributed by atoms with Crippen LogP contribution in [0.3, 0.4) is 0 Å². The average Bonchev–Trinajstić information content (AvgIpc) is 3.39. The van der Waals surface area contributed by atoms with Crippen molar-refractivity contribution < 1.29 is 94.9 Å². The molecule has 0 heterocycles. The lowest BCUT2D eigenvalue weighted by Crippen LogP contribution is -2.13. The maximum atomic E-state index is 13.5. The van der Waals surface area contributed by atoms with E-state index in [1.807, 2.05) is 0 Å². The summed E-state index contributed by atoms with van der Waals surface area (Å²) in [6.07, 6.45) is 1.47. The van der Waals surface area contributed by atoms with Crippen molar-refractivity contribution in [3.63, 3.8) is 0 Å². The Bertz CT molecular complexity index is 1800. The van der Waals surface area contributed by atoms with Crippen LogP contribution in [0.2, 0.25) is 0 Å². The summed E-state index contributed by atoms with van der Waals surface area (Å²) in [5, 5.41) is 0. The summed E-state index contributed by atoms with van der Waals surface area (Å²) in [5.41, 5.74) is 2.01. The molecule has 0 aliphatic rings. The highest BCUT2D eigenvalue weighted by atomic mass is 16.6. The van der Waals surface area contributed by atoms with Gasteiger partial charge in [-0.2, -0.15) is 0 Å². The van der Waals surface area contributed by atoms with Crippen LogP contribution >= 0.6 is 0 Å². The lowest BCUT2D eigenvalue weighted by molar-refractivity contribution is 0.0174. The van der Waals surface area contributed by atoms with E-state index in [0.717, 1.165) is 0 Å². The summed E-state index contributed by atoms with van der Waals surface area (Å²) in [4.78, 5) is 26.9. The monoisotopic (exact) mass is 1020 g/mol. The molecule has 0 aliphatic heterocycles. The van der Waals surface area contributed by atoms with Crippen LogP contribution in [0, 0.1) is 0 Å². The zero-order chi connectivity index (χ0) is 51.5. The second-order valence-electron chi connectivity index (χ2n) is 15.0. The molecule has 0 saturated carbocycles. The fourth-order valence-corrected chi connectivity index (χ4v) is 6.00. The van der Waals surface area contributed by atoms with Crippen molar-refractivity contribution in [3.05, 3.63) is 89.0 Å². The van der Waals surface area contributed by atoms with Gasteiger partial charge in [0.25, 0.3) is 0 Å². The molecule has 72 heavy (non-hydrogen) atoms. The van der Waals surface area contributed by atoms with Gasteiger partial charge in [-0.3, -0.25) is 0 Å². The third kappa shape index (κ3) is 28.9. The highest BCUT2D eigenvalue weighted by molar-refractivity contribution is 5.97. The highest BCUT2D eigenvalue weighted by Crippen LogP contribution is 2.26. The van der Waals surface area contributed by atoms with E-state index in [4.69, 9.17) is 85.3 Å². The summed E-state index contributed by atoms with van der Waals surface area (Å²) in [7, 11) is 6.46. The molecule has 0 N–H and O–H groups in total. The normalized spacial score (nSPS) is 11.1. The smallest absolute Gasteiger partial charge is 0.339 e. The summed E-state index contributed by atoms with van der Waals surface area (Å²) in [5.74, 6) is 0.713. The second-order valence-corrected chi connectivity index (χ2v) is 15.0. The van der Waals surface area contributed by atoms with Gasteiger partial charge < -0.3 is 85.3 Å². The fourth-order valence-electron chi connectivity index (χ4n) is 6.00. The van der Waals surface area contributed by atoms with E-state index in [2.05, 4.69) is 6.58 Å². The summed E-state index contributed by atoms with van der Waals surface area (Å²) >= 11 is 0. The van der Waals surface area contributed by atoms with Crippen molar-refractivity contribution in [2.45, 2.75) is 13.2 Å². The minimum Gasteiger partial charge on any atom is -0.491 e. The number of methoxy groups -OCH3 is 4. The van der Waals surface area contributed by atoms with Gasteiger partial charge in [0.05, 0.1) is 143 Å². The standard InChI is InChI=1S/C52H76O20/c1-6-44-37-45(51(53)71-40-42-33-46(67-29-25-63-21-17-59-13-9-55-2)38-47(34-42)68-30-26-64-22-18-60-14-10-56-3)7-8-50(44)52(54)72-41-43-35-48(69-31-27-65-23-19-61-15-11-57-4)39-49(36-43)70-32-28-66-24-20-62-16-12-58-5/h6-8,33-39H,1,9-32,40-41H2,2-5H3. The molecular formula is C52H76O20. The largest absolute Gasteiger partial charge is 0.491 e. The first-order valence-electron chi connectivity index (χ1n) is 23.9. The Morgan fingerprint density at radius 1 is 0.375 bits per heavy atom. The number of carbonyl (C=O) groups is 2. The quantitative estimate of drug-likeness (QED) is 0.0522. The SMILES string of the molecule is C=Cc1cc(C(=O)OCc2cc(OCCOCCOCCOC)cc(OCCOCCOCCOC)c2)ccc1C(=O)OCc1cc(OCCOCCOCCOC)cc(OCCOCCOCCOC)c1. The van der Waals surface area contributed by atoms with Gasteiger partial charge >= 0.3 is 11.9 Å². The van der Waals surface area contributed by atoms with Gasteiger partial charge in [-0.05, 0) is 59.2 Å². The Hall–Kier alpha value is -4.94. The zero-order valence-electron chi connectivity index (χ0n) is 42.5. The van der Waals surface area contributed by atoms with Gasteiger partial charge in [0.15, 0.2) is 0 Å². The summed E-state index contributed by atoms with van der Waals surface area (Å²) in [6, 6.07) is 15.0. The maximum absolute atomic E-state index is 13.5. The summed E-state index contributed by atoms with van der Waals surface area (Å²) in [6.45, 7) is 13.3. The average molecular weight is 1020 g/mol. The third-order valence-electron chi connectivity index (χ3n) is 9.55. The molecule has 0 aliphatic carbocycles. The van der Waals surface area contributed by atoms with E-state index in [1.165, 1.54) is 24.3 Å². The Morgan fingerprint density at radius 2 is 0.667 bits per heavy atom. The van der Waals surface area contributed by atoms with Crippen LogP contribution in [0.15, 0.2) is 61.2 Å². The molecule has 3 rings (SSSR count). The molecule has 0 bridgehead atoms. The Labute approximate surface area is 424 Å². The van der Waals surface area contributed by atoms with Gasteiger partial charge in [0, 0.05) is 40.6 Å². The van der Waals surface area contributed by atoms with Crippen LogP contribution in [-0.2, 0) is 79.5 Å². The van der Waals surface area contributed by atoms with Crippen molar-refractivity contribution in [1.29, 1.82) is 0 Å². The highest BCUT2D eigenvalue weighted by Gasteiger charge is 2.17. The number of hydrogen-bond donors (Lipinski definition) is 0. The molecule has 0 amide bonds. The molecule has 20 heteroatoms. The molecule has 20 nitrogen and oxygen atoms in total. The molecule has 0 radical (unpaired) electrons. The van der Waals surface area contributed by atoms with Gasteiger partial charge in [-0.1, -0.05) is 12.7 Å². The van der Waals surface area contributed by atoms with E-state index in [0.29, 0.717) is 172 Å². The fraction of sp³-hybridized carbons (Fsp3) is 0.577. The van der Waals surface area contributed by atoms with E-state index in [9.17, 15) is 9.59 Å². The molecule has 0 spiro atoms. The van der Waals surface area contributed by atoms with Crippen molar-refractivity contribution >= 4 is 18.0 Å². The molecule has 0 fully saturated rings. The van der Waals surface area contributed by atoms with Crippen LogP contribution in [0.5, 0.6) is 23.0 Å².